The molecule has 146 valence electrons. The third-order valence-electron chi connectivity index (χ3n) is 5.63. The monoisotopic (exact) mass is 378 g/mol. The Morgan fingerprint density at radius 3 is 2.68 bits per heavy atom. The molecule has 1 fully saturated rings. The van der Waals surface area contributed by atoms with Crippen LogP contribution in [0.1, 0.15) is 31.7 Å². The van der Waals surface area contributed by atoms with Gasteiger partial charge in [-0.25, -0.2) is 0 Å². The zero-order valence-corrected chi connectivity index (χ0v) is 16.2. The lowest BCUT2D eigenvalue weighted by molar-refractivity contribution is -0.132. The molecule has 2 aliphatic rings. The van der Waals surface area contributed by atoms with Gasteiger partial charge in [0, 0.05) is 25.6 Å². The Morgan fingerprint density at radius 1 is 1.11 bits per heavy atom. The number of ether oxygens (including phenoxy) is 1. The molecule has 2 amide bonds. The maximum atomic E-state index is 12.9. The van der Waals surface area contributed by atoms with E-state index in [1.54, 1.807) is 11.8 Å². The van der Waals surface area contributed by atoms with Gasteiger partial charge in [-0.3, -0.25) is 9.59 Å². The summed E-state index contributed by atoms with van der Waals surface area (Å²) in [7, 11) is 0. The van der Waals surface area contributed by atoms with E-state index in [1.807, 2.05) is 47.4 Å². The summed E-state index contributed by atoms with van der Waals surface area (Å²) in [5.74, 6) is 0.738. The number of hydrogen-bond donors (Lipinski definition) is 0. The molecule has 28 heavy (non-hydrogen) atoms. The topological polar surface area (TPSA) is 49.9 Å². The van der Waals surface area contributed by atoms with E-state index in [-0.39, 0.29) is 17.9 Å². The Labute approximate surface area is 165 Å². The fourth-order valence-electron chi connectivity index (χ4n) is 4.20. The second kappa shape index (κ2) is 8.05. The number of likely N-dealkylation sites (tertiary alicyclic amines) is 1. The highest BCUT2D eigenvalue weighted by molar-refractivity contribution is 6.00. The number of amides is 2. The zero-order valence-electron chi connectivity index (χ0n) is 16.2. The summed E-state index contributed by atoms with van der Waals surface area (Å²) in [6, 6.07) is 18.1. The molecule has 0 N–H and O–H groups in total. The lowest BCUT2D eigenvalue weighted by atomic mass is 10.0. The highest BCUT2D eigenvalue weighted by Crippen LogP contribution is 2.33. The van der Waals surface area contributed by atoms with Crippen LogP contribution in [0, 0.1) is 0 Å². The van der Waals surface area contributed by atoms with Crippen molar-refractivity contribution in [1.29, 1.82) is 0 Å². The molecule has 2 heterocycles. The summed E-state index contributed by atoms with van der Waals surface area (Å²) in [5, 5.41) is 0. The van der Waals surface area contributed by atoms with Crippen molar-refractivity contribution in [2.24, 2.45) is 0 Å². The van der Waals surface area contributed by atoms with Crippen LogP contribution in [0.15, 0.2) is 54.6 Å². The van der Waals surface area contributed by atoms with Gasteiger partial charge in [-0.05, 0) is 43.9 Å². The van der Waals surface area contributed by atoms with E-state index in [9.17, 15) is 9.59 Å². The average molecular weight is 378 g/mol. The third-order valence-corrected chi connectivity index (χ3v) is 5.63. The standard InChI is InChI=1S/C23H26N2O3/c1-17-23(27)25(20-11-5-6-12-21(20)28-17)15-13-22(26)24-14-7-10-19(24)16-18-8-3-2-4-9-18/h2-6,8-9,11-12,17,19H,7,10,13-16H2,1H3. The highest BCUT2D eigenvalue weighted by Gasteiger charge is 2.33. The number of rotatable bonds is 5. The Morgan fingerprint density at radius 2 is 1.86 bits per heavy atom. The van der Waals surface area contributed by atoms with Crippen LogP contribution in [0.25, 0.3) is 0 Å². The molecule has 0 radical (unpaired) electrons. The zero-order chi connectivity index (χ0) is 19.5. The lowest BCUT2D eigenvalue weighted by Crippen LogP contribution is -2.46. The smallest absolute Gasteiger partial charge is 0.267 e. The first-order valence-electron chi connectivity index (χ1n) is 10.0. The molecule has 0 bridgehead atoms. The third kappa shape index (κ3) is 3.75. The van der Waals surface area contributed by atoms with Gasteiger partial charge in [0.05, 0.1) is 5.69 Å². The van der Waals surface area contributed by atoms with Crippen molar-refractivity contribution in [3.05, 3.63) is 60.2 Å². The van der Waals surface area contributed by atoms with Gasteiger partial charge in [-0.2, -0.15) is 0 Å². The number of nitrogens with zero attached hydrogens (tertiary/aromatic N) is 2. The van der Waals surface area contributed by atoms with E-state index < -0.39 is 6.10 Å². The summed E-state index contributed by atoms with van der Waals surface area (Å²) < 4.78 is 5.68. The normalized spacial score (nSPS) is 21.4. The van der Waals surface area contributed by atoms with Crippen LogP contribution in [-0.2, 0) is 16.0 Å². The van der Waals surface area contributed by atoms with Gasteiger partial charge in [-0.15, -0.1) is 0 Å². The van der Waals surface area contributed by atoms with E-state index in [1.165, 1.54) is 5.56 Å². The number of para-hydroxylation sites is 2. The van der Waals surface area contributed by atoms with Crippen LogP contribution in [-0.4, -0.2) is 41.9 Å². The minimum atomic E-state index is -0.525. The number of anilines is 1. The lowest BCUT2D eigenvalue weighted by Gasteiger charge is -2.33. The summed E-state index contributed by atoms with van der Waals surface area (Å²) >= 11 is 0. The first-order chi connectivity index (χ1) is 13.6. The minimum absolute atomic E-state index is 0.0891. The van der Waals surface area contributed by atoms with E-state index in [0.29, 0.717) is 18.7 Å². The van der Waals surface area contributed by atoms with E-state index in [2.05, 4.69) is 12.1 Å². The number of benzene rings is 2. The van der Waals surface area contributed by atoms with Crippen LogP contribution in [0.4, 0.5) is 5.69 Å². The van der Waals surface area contributed by atoms with Gasteiger partial charge in [-0.1, -0.05) is 42.5 Å². The molecule has 0 aliphatic carbocycles. The molecule has 5 heteroatoms. The second-order valence-corrected chi connectivity index (χ2v) is 7.54. The van der Waals surface area contributed by atoms with Crippen LogP contribution < -0.4 is 9.64 Å². The fraction of sp³-hybridized carbons (Fsp3) is 0.391. The minimum Gasteiger partial charge on any atom is -0.479 e. The van der Waals surface area contributed by atoms with Crippen LogP contribution in [0.2, 0.25) is 0 Å². The van der Waals surface area contributed by atoms with E-state index >= 15 is 0 Å². The molecule has 2 unspecified atom stereocenters. The number of hydrogen-bond acceptors (Lipinski definition) is 3. The predicted molar refractivity (Wildman–Crippen MR) is 108 cm³/mol. The highest BCUT2D eigenvalue weighted by atomic mass is 16.5. The molecule has 2 aromatic rings. The molecule has 0 saturated carbocycles. The maximum absolute atomic E-state index is 12.9. The average Bonchev–Trinajstić information content (AvgIpc) is 3.17. The second-order valence-electron chi connectivity index (χ2n) is 7.54. The first-order valence-corrected chi connectivity index (χ1v) is 10.0. The van der Waals surface area contributed by atoms with Gasteiger partial charge in [0.2, 0.25) is 5.91 Å². The molecular formula is C23H26N2O3. The van der Waals surface area contributed by atoms with Crippen molar-refractivity contribution in [2.75, 3.05) is 18.0 Å². The van der Waals surface area contributed by atoms with Crippen LogP contribution in [0.5, 0.6) is 5.75 Å². The van der Waals surface area contributed by atoms with Crippen molar-refractivity contribution in [2.45, 2.75) is 44.8 Å². The molecule has 0 aromatic heterocycles. The number of fused-ring (bicyclic) bond motifs is 1. The maximum Gasteiger partial charge on any atom is 0.267 e. The molecule has 4 rings (SSSR count). The largest absolute Gasteiger partial charge is 0.479 e. The molecule has 2 aliphatic heterocycles. The van der Waals surface area contributed by atoms with Crippen LogP contribution in [0.3, 0.4) is 0 Å². The first kappa shape index (κ1) is 18.5. The van der Waals surface area contributed by atoms with Gasteiger partial charge < -0.3 is 14.5 Å². The number of carbonyl (C=O) groups is 2. The van der Waals surface area contributed by atoms with Gasteiger partial charge in [0.1, 0.15) is 5.75 Å². The van der Waals surface area contributed by atoms with Gasteiger partial charge >= 0.3 is 0 Å². The van der Waals surface area contributed by atoms with Crippen molar-refractivity contribution in [3.63, 3.8) is 0 Å². The molecule has 0 spiro atoms. The van der Waals surface area contributed by atoms with Crippen molar-refractivity contribution < 1.29 is 14.3 Å². The molecular weight excluding hydrogens is 352 g/mol. The Hall–Kier alpha value is -2.82. The van der Waals surface area contributed by atoms with E-state index in [4.69, 9.17) is 4.74 Å². The van der Waals surface area contributed by atoms with Crippen LogP contribution >= 0.6 is 0 Å². The molecule has 5 nitrogen and oxygen atoms in total. The van der Waals surface area contributed by atoms with Crippen molar-refractivity contribution in [3.8, 4) is 5.75 Å². The molecule has 1 saturated heterocycles. The Kier molecular flexibility index (Phi) is 5.33. The molecule has 2 atom stereocenters. The summed E-state index contributed by atoms with van der Waals surface area (Å²) in [5.41, 5.74) is 2.01. The Balaban J connectivity index is 1.42. The van der Waals surface area contributed by atoms with Gasteiger partial charge in [0.25, 0.3) is 5.91 Å². The summed E-state index contributed by atoms with van der Waals surface area (Å²) in [4.78, 5) is 29.3. The predicted octanol–water partition coefficient (Wildman–Crippen LogP) is 3.42. The van der Waals surface area contributed by atoms with E-state index in [0.717, 1.165) is 31.5 Å². The summed E-state index contributed by atoms with van der Waals surface area (Å²) in [6.07, 6.45) is 2.78. The van der Waals surface area contributed by atoms with Gasteiger partial charge in [0.15, 0.2) is 6.10 Å². The molecule has 2 aromatic carbocycles. The fourth-order valence-corrected chi connectivity index (χ4v) is 4.20. The summed E-state index contributed by atoms with van der Waals surface area (Å²) in [6.45, 7) is 2.95. The quantitative estimate of drug-likeness (QED) is 0.801. The van der Waals surface area contributed by atoms with Crippen molar-refractivity contribution >= 4 is 17.5 Å². The van der Waals surface area contributed by atoms with Crippen molar-refractivity contribution in [1.82, 2.24) is 4.90 Å². The number of carbonyl (C=O) groups excluding carboxylic acids is 2. The Bertz CT molecular complexity index is 852. The SMILES string of the molecule is CC1Oc2ccccc2N(CCC(=O)N2CCCC2Cc2ccccc2)C1=O.